The monoisotopic (exact) mass is 266 g/mol. The number of esters is 1. The Morgan fingerprint density at radius 2 is 2.05 bits per heavy atom. The molecule has 4 heteroatoms. The number of carbonyl (C=O) groups excluding carboxylic acids is 1. The van der Waals surface area contributed by atoms with Crippen molar-refractivity contribution in [1.82, 2.24) is 0 Å². The molecule has 19 heavy (non-hydrogen) atoms. The van der Waals surface area contributed by atoms with E-state index in [1.807, 2.05) is 0 Å². The van der Waals surface area contributed by atoms with Crippen LogP contribution >= 0.6 is 0 Å². The minimum atomic E-state index is -0.536. The summed E-state index contributed by atoms with van der Waals surface area (Å²) in [4.78, 5) is 11.5. The van der Waals surface area contributed by atoms with Crippen LogP contribution in [0, 0.1) is 5.82 Å². The number of benzene rings is 1. The van der Waals surface area contributed by atoms with Gasteiger partial charge < -0.3 is 9.47 Å². The van der Waals surface area contributed by atoms with E-state index in [0.717, 1.165) is 0 Å². The van der Waals surface area contributed by atoms with Gasteiger partial charge in [0.1, 0.15) is 5.60 Å². The van der Waals surface area contributed by atoms with Gasteiger partial charge in [0.2, 0.25) is 0 Å². The largest absolute Gasteiger partial charge is 0.491 e. The van der Waals surface area contributed by atoms with E-state index in [4.69, 9.17) is 9.47 Å². The fourth-order valence-corrected chi connectivity index (χ4v) is 1.39. The number of rotatable bonds is 4. The van der Waals surface area contributed by atoms with Crippen LogP contribution in [0.2, 0.25) is 0 Å². The summed E-state index contributed by atoms with van der Waals surface area (Å²) >= 11 is 0. The highest BCUT2D eigenvalue weighted by molar-refractivity contribution is 5.87. The number of hydrogen-bond donors (Lipinski definition) is 0. The highest BCUT2D eigenvalue weighted by Gasteiger charge is 2.13. The summed E-state index contributed by atoms with van der Waals surface area (Å²) in [7, 11) is 0. The Kier molecular flexibility index (Phi) is 5.10. The maximum absolute atomic E-state index is 13.6. The highest BCUT2D eigenvalue weighted by atomic mass is 19.1. The van der Waals surface area contributed by atoms with Crippen molar-refractivity contribution in [3.8, 4) is 5.75 Å². The molecule has 0 saturated heterocycles. The minimum Gasteiger partial charge on any atom is -0.491 e. The standard InChI is InChI=1S/C15H19FO3/c1-5-18-13-8-6-11(10-12(13)16)7-9-14(17)19-15(2,3)4/h6-10H,5H2,1-4H3. The van der Waals surface area contributed by atoms with Crippen LogP contribution < -0.4 is 4.74 Å². The molecule has 1 aromatic carbocycles. The van der Waals surface area contributed by atoms with Crippen LogP contribution in [0.4, 0.5) is 4.39 Å². The molecule has 0 amide bonds. The van der Waals surface area contributed by atoms with Crippen molar-refractivity contribution in [2.75, 3.05) is 6.61 Å². The van der Waals surface area contributed by atoms with Crippen LogP contribution in [-0.4, -0.2) is 18.2 Å². The SMILES string of the molecule is CCOc1ccc(C=CC(=O)OC(C)(C)C)cc1F. The van der Waals surface area contributed by atoms with Crippen molar-refractivity contribution in [3.05, 3.63) is 35.7 Å². The molecule has 0 aliphatic carbocycles. The van der Waals surface area contributed by atoms with Crippen molar-refractivity contribution in [1.29, 1.82) is 0 Å². The lowest BCUT2D eigenvalue weighted by Crippen LogP contribution is -2.22. The summed E-state index contributed by atoms with van der Waals surface area (Å²) in [6, 6.07) is 4.52. The molecular weight excluding hydrogens is 247 g/mol. The van der Waals surface area contributed by atoms with Gasteiger partial charge in [0.25, 0.3) is 0 Å². The third kappa shape index (κ3) is 5.55. The molecule has 0 heterocycles. The molecule has 0 aromatic heterocycles. The summed E-state index contributed by atoms with van der Waals surface area (Å²) < 4.78 is 23.8. The Morgan fingerprint density at radius 1 is 1.37 bits per heavy atom. The Morgan fingerprint density at radius 3 is 2.58 bits per heavy atom. The fraction of sp³-hybridized carbons (Fsp3) is 0.400. The first kappa shape index (κ1) is 15.2. The molecule has 0 atom stereocenters. The zero-order chi connectivity index (χ0) is 14.5. The van der Waals surface area contributed by atoms with Crippen molar-refractivity contribution in [2.45, 2.75) is 33.3 Å². The Labute approximate surface area is 113 Å². The molecule has 104 valence electrons. The predicted molar refractivity (Wildman–Crippen MR) is 72.4 cm³/mol. The molecule has 1 rings (SSSR count). The van der Waals surface area contributed by atoms with Gasteiger partial charge >= 0.3 is 5.97 Å². The maximum atomic E-state index is 13.6. The van der Waals surface area contributed by atoms with Gasteiger partial charge in [-0.3, -0.25) is 0 Å². The van der Waals surface area contributed by atoms with Gasteiger partial charge in [-0.15, -0.1) is 0 Å². The van der Waals surface area contributed by atoms with E-state index in [2.05, 4.69) is 0 Å². The molecular formula is C15H19FO3. The van der Waals surface area contributed by atoms with Crippen molar-refractivity contribution in [3.63, 3.8) is 0 Å². The molecule has 0 N–H and O–H groups in total. The molecule has 3 nitrogen and oxygen atoms in total. The fourth-order valence-electron chi connectivity index (χ4n) is 1.39. The summed E-state index contributed by atoms with van der Waals surface area (Å²) in [5.74, 6) is -0.702. The lowest BCUT2D eigenvalue weighted by Gasteiger charge is -2.17. The molecule has 0 radical (unpaired) electrons. The summed E-state index contributed by atoms with van der Waals surface area (Å²) in [5, 5.41) is 0. The van der Waals surface area contributed by atoms with Crippen molar-refractivity contribution < 1.29 is 18.7 Å². The lowest BCUT2D eigenvalue weighted by molar-refractivity contribution is -0.148. The van der Waals surface area contributed by atoms with Crippen LogP contribution in [0.3, 0.4) is 0 Å². The quantitative estimate of drug-likeness (QED) is 0.617. The molecule has 0 aliphatic rings. The van der Waals surface area contributed by atoms with Crippen molar-refractivity contribution >= 4 is 12.0 Å². The molecule has 0 spiro atoms. The van der Waals surface area contributed by atoms with E-state index in [1.54, 1.807) is 33.8 Å². The first-order valence-corrected chi connectivity index (χ1v) is 6.15. The van der Waals surface area contributed by atoms with Crippen LogP contribution in [0.15, 0.2) is 24.3 Å². The summed E-state index contributed by atoms with van der Waals surface area (Å²) in [6.07, 6.45) is 2.78. The zero-order valence-electron chi connectivity index (χ0n) is 11.7. The van der Waals surface area contributed by atoms with E-state index in [1.165, 1.54) is 24.3 Å². The van der Waals surface area contributed by atoms with E-state index >= 15 is 0 Å². The normalized spacial score (nSPS) is 11.6. The number of carbonyl (C=O) groups is 1. The number of hydrogen-bond acceptors (Lipinski definition) is 3. The van der Waals surface area contributed by atoms with E-state index < -0.39 is 17.4 Å². The average Bonchev–Trinajstić information content (AvgIpc) is 2.27. The van der Waals surface area contributed by atoms with Gasteiger partial charge in [0, 0.05) is 6.08 Å². The van der Waals surface area contributed by atoms with Crippen molar-refractivity contribution in [2.24, 2.45) is 0 Å². The van der Waals surface area contributed by atoms with Crippen LogP contribution in [0.5, 0.6) is 5.75 Å². The van der Waals surface area contributed by atoms with Gasteiger partial charge in [0.15, 0.2) is 11.6 Å². The van der Waals surface area contributed by atoms with Crippen LogP contribution in [-0.2, 0) is 9.53 Å². The van der Waals surface area contributed by atoms with Gasteiger partial charge in [-0.1, -0.05) is 6.07 Å². The number of halogens is 1. The molecule has 0 unspecified atom stereocenters. The van der Waals surface area contributed by atoms with Gasteiger partial charge in [-0.05, 0) is 51.5 Å². The third-order valence-corrected chi connectivity index (χ3v) is 2.07. The first-order chi connectivity index (χ1) is 8.81. The smallest absolute Gasteiger partial charge is 0.331 e. The Bertz CT molecular complexity index is 473. The van der Waals surface area contributed by atoms with Gasteiger partial charge in [-0.25, -0.2) is 9.18 Å². The zero-order valence-corrected chi connectivity index (χ0v) is 11.7. The Hall–Kier alpha value is -1.84. The second-order valence-corrected chi connectivity index (χ2v) is 4.99. The minimum absolute atomic E-state index is 0.205. The van der Waals surface area contributed by atoms with Gasteiger partial charge in [0.05, 0.1) is 6.61 Å². The number of ether oxygens (including phenoxy) is 2. The molecule has 0 bridgehead atoms. The average molecular weight is 266 g/mol. The first-order valence-electron chi connectivity index (χ1n) is 6.15. The molecule has 1 aromatic rings. The predicted octanol–water partition coefficient (Wildman–Crippen LogP) is 3.58. The van der Waals surface area contributed by atoms with E-state index in [9.17, 15) is 9.18 Å². The third-order valence-electron chi connectivity index (χ3n) is 2.07. The Balaban J connectivity index is 2.72. The second-order valence-electron chi connectivity index (χ2n) is 4.99. The van der Waals surface area contributed by atoms with Crippen LogP contribution in [0.25, 0.3) is 6.08 Å². The topological polar surface area (TPSA) is 35.5 Å². The van der Waals surface area contributed by atoms with E-state index in [0.29, 0.717) is 12.2 Å². The van der Waals surface area contributed by atoms with Gasteiger partial charge in [-0.2, -0.15) is 0 Å². The lowest BCUT2D eigenvalue weighted by atomic mass is 10.2. The highest BCUT2D eigenvalue weighted by Crippen LogP contribution is 2.19. The summed E-state index contributed by atoms with van der Waals surface area (Å²) in [6.45, 7) is 7.56. The molecule has 0 aliphatic heterocycles. The maximum Gasteiger partial charge on any atom is 0.331 e. The van der Waals surface area contributed by atoms with E-state index in [-0.39, 0.29) is 5.75 Å². The molecule has 0 fully saturated rings. The second kappa shape index (κ2) is 6.36. The summed E-state index contributed by atoms with van der Waals surface area (Å²) in [5.41, 5.74) is 0.0395. The van der Waals surface area contributed by atoms with Crippen LogP contribution in [0.1, 0.15) is 33.3 Å². The molecule has 0 saturated carbocycles.